The minimum absolute atomic E-state index is 0.0397. The number of hydrogen-bond donors (Lipinski definition) is 1. The Kier molecular flexibility index (Phi) is 22.4. The Balaban J connectivity index is 0. The molecule has 0 bridgehead atoms. The van der Waals surface area contributed by atoms with Crippen LogP contribution in [0.5, 0.6) is 0 Å². The van der Waals surface area contributed by atoms with E-state index in [9.17, 15) is 19.2 Å². The monoisotopic (exact) mass is 486 g/mol. The number of rotatable bonds is 16. The number of ether oxygens (including phenoxy) is 5. The highest BCUT2D eigenvalue weighted by Crippen LogP contribution is 2.03. The molecule has 0 saturated heterocycles. The summed E-state index contributed by atoms with van der Waals surface area (Å²) in [5.74, 6) is -1.17. The van der Waals surface area contributed by atoms with E-state index in [1.807, 2.05) is 26.8 Å². The van der Waals surface area contributed by atoms with Gasteiger partial charge in [-0.05, 0) is 12.8 Å². The first-order chi connectivity index (χ1) is 16.2. The van der Waals surface area contributed by atoms with Gasteiger partial charge in [0.25, 0.3) is 0 Å². The molecule has 0 radical (unpaired) electrons. The summed E-state index contributed by atoms with van der Waals surface area (Å²) in [6, 6.07) is 1.90. The van der Waals surface area contributed by atoms with Gasteiger partial charge in [-0.1, -0.05) is 34.3 Å². The topological polar surface area (TPSA) is 150 Å². The summed E-state index contributed by atoms with van der Waals surface area (Å²) in [6.45, 7) is 11.8. The number of hydrogen-bond acceptors (Lipinski definition) is 10. The molecule has 0 aliphatic carbocycles. The summed E-state index contributed by atoms with van der Waals surface area (Å²) < 4.78 is 24.4. The van der Waals surface area contributed by atoms with E-state index in [0.29, 0.717) is 0 Å². The normalized spacial score (nSPS) is 11.4. The van der Waals surface area contributed by atoms with Crippen molar-refractivity contribution in [3.8, 4) is 6.07 Å². The van der Waals surface area contributed by atoms with Gasteiger partial charge in [-0.3, -0.25) is 9.59 Å². The maximum absolute atomic E-state index is 11.3. The van der Waals surface area contributed by atoms with Crippen molar-refractivity contribution in [2.45, 2.75) is 47.0 Å². The minimum Gasteiger partial charge on any atom is -0.464 e. The summed E-state index contributed by atoms with van der Waals surface area (Å²) in [4.78, 5) is 44.2. The Morgan fingerprint density at radius 1 is 0.853 bits per heavy atom. The fourth-order valence-corrected chi connectivity index (χ4v) is 1.73. The van der Waals surface area contributed by atoms with Gasteiger partial charge in [-0.25, -0.2) is 9.59 Å². The second kappa shape index (κ2) is 23.0. The maximum Gasteiger partial charge on any atom is 0.407 e. The van der Waals surface area contributed by atoms with Crippen molar-refractivity contribution < 1.29 is 42.9 Å². The number of esters is 3. The molecule has 0 aliphatic rings. The van der Waals surface area contributed by atoms with Crippen LogP contribution < -0.4 is 5.32 Å². The molecule has 11 heteroatoms. The molecule has 0 aromatic rings. The highest BCUT2D eigenvalue weighted by molar-refractivity contribution is 5.81. The summed E-state index contributed by atoms with van der Waals surface area (Å²) in [6.07, 6.45) is 2.20. The first kappa shape index (κ1) is 33.0. The Bertz CT molecular complexity index is 647. The zero-order chi connectivity index (χ0) is 26.2. The van der Waals surface area contributed by atoms with E-state index in [1.54, 1.807) is 6.92 Å². The summed E-state index contributed by atoms with van der Waals surface area (Å²) >= 11 is 0. The largest absolute Gasteiger partial charge is 0.464 e. The third-order valence-corrected chi connectivity index (χ3v) is 4.20. The molecule has 2 unspecified atom stereocenters. The molecular weight excluding hydrogens is 448 g/mol. The quantitative estimate of drug-likeness (QED) is 0.149. The van der Waals surface area contributed by atoms with E-state index in [2.05, 4.69) is 16.6 Å². The number of amides is 1. The van der Waals surface area contributed by atoms with Gasteiger partial charge in [0.15, 0.2) is 0 Å². The lowest BCUT2D eigenvalue weighted by molar-refractivity contribution is -0.150. The minimum atomic E-state index is -0.633. The van der Waals surface area contributed by atoms with Crippen LogP contribution in [-0.4, -0.2) is 70.2 Å². The smallest absolute Gasteiger partial charge is 0.407 e. The molecular formula is C23H38N2O9. The number of nitrogens with zero attached hydrogens (tertiary/aromatic N) is 1. The third kappa shape index (κ3) is 20.8. The predicted octanol–water partition coefficient (Wildman–Crippen LogP) is 2.54. The molecule has 0 fully saturated rings. The summed E-state index contributed by atoms with van der Waals surface area (Å²) in [5.41, 5.74) is 0. The first-order valence-electron chi connectivity index (χ1n) is 11.2. The molecule has 0 rings (SSSR count). The predicted molar refractivity (Wildman–Crippen MR) is 122 cm³/mol. The van der Waals surface area contributed by atoms with Crippen molar-refractivity contribution in [1.29, 1.82) is 5.26 Å². The molecule has 34 heavy (non-hydrogen) atoms. The number of nitrogens with one attached hydrogen (secondary N) is 1. The lowest BCUT2D eigenvalue weighted by Crippen LogP contribution is -2.29. The number of alkyl carbamates (subject to hydrolysis) is 1. The van der Waals surface area contributed by atoms with E-state index in [0.717, 1.165) is 18.9 Å². The lowest BCUT2D eigenvalue weighted by atomic mass is 10.1. The second-order valence-electron chi connectivity index (χ2n) is 6.91. The fraction of sp³-hybridized carbons (Fsp3) is 0.696. The van der Waals surface area contributed by atoms with Crippen molar-refractivity contribution in [1.82, 2.24) is 5.32 Å². The SMILES string of the molecule is C=CC(=O)OCCNC(=O)OCCOCCOC(=O)C(C)CC.CCC(C)C(=O)OCCC#N. The highest BCUT2D eigenvalue weighted by atomic mass is 16.6. The lowest BCUT2D eigenvalue weighted by Gasteiger charge is -2.10. The van der Waals surface area contributed by atoms with Crippen molar-refractivity contribution >= 4 is 24.0 Å². The number of carbonyl (C=O) groups excluding carboxylic acids is 4. The maximum atomic E-state index is 11.3. The van der Waals surface area contributed by atoms with Gasteiger partial charge in [0.2, 0.25) is 0 Å². The molecule has 0 aliphatic heterocycles. The molecule has 0 aromatic carbocycles. The number of carbonyl (C=O) groups is 4. The Hall–Kier alpha value is -3.13. The summed E-state index contributed by atoms with van der Waals surface area (Å²) in [5, 5.41) is 10.5. The molecule has 1 amide bonds. The zero-order valence-corrected chi connectivity index (χ0v) is 20.6. The third-order valence-electron chi connectivity index (χ3n) is 4.20. The van der Waals surface area contributed by atoms with Crippen LogP contribution in [0.15, 0.2) is 12.7 Å². The Morgan fingerprint density at radius 3 is 1.88 bits per heavy atom. The Labute approximate surface area is 201 Å². The average molecular weight is 487 g/mol. The molecule has 0 heterocycles. The van der Waals surface area contributed by atoms with Crippen molar-refractivity contribution in [3.63, 3.8) is 0 Å². The Morgan fingerprint density at radius 2 is 1.38 bits per heavy atom. The molecule has 0 saturated carbocycles. The molecule has 0 aromatic heterocycles. The van der Waals surface area contributed by atoms with Crippen LogP contribution in [0.1, 0.15) is 47.0 Å². The van der Waals surface area contributed by atoms with E-state index >= 15 is 0 Å². The van der Waals surface area contributed by atoms with Gasteiger partial charge < -0.3 is 29.0 Å². The fourth-order valence-electron chi connectivity index (χ4n) is 1.73. The first-order valence-corrected chi connectivity index (χ1v) is 11.2. The van der Waals surface area contributed by atoms with Gasteiger partial charge in [0, 0.05) is 6.08 Å². The standard InChI is InChI=1S/C15H25NO7.C8H13NO2/c1-4-12(3)14(18)22-10-8-20-9-11-23-15(19)16-6-7-21-13(17)5-2;1-3-7(2)8(10)11-6-4-5-9/h5,12H,2,4,6-11H2,1,3H3,(H,16,19);7H,3-4,6H2,1-2H3. The van der Waals surface area contributed by atoms with Crippen molar-refractivity contribution in [2.75, 3.05) is 46.2 Å². The van der Waals surface area contributed by atoms with E-state index < -0.39 is 12.1 Å². The van der Waals surface area contributed by atoms with Crippen LogP contribution in [0, 0.1) is 23.2 Å². The number of nitriles is 1. The molecule has 11 nitrogen and oxygen atoms in total. The van der Waals surface area contributed by atoms with Crippen LogP contribution in [-0.2, 0) is 38.1 Å². The van der Waals surface area contributed by atoms with Gasteiger partial charge in [0.05, 0.1) is 44.1 Å². The molecule has 0 spiro atoms. The van der Waals surface area contributed by atoms with Crippen molar-refractivity contribution in [3.05, 3.63) is 12.7 Å². The van der Waals surface area contributed by atoms with Crippen molar-refractivity contribution in [2.24, 2.45) is 11.8 Å². The van der Waals surface area contributed by atoms with Gasteiger partial charge in [-0.15, -0.1) is 0 Å². The molecule has 1 N–H and O–H groups in total. The zero-order valence-electron chi connectivity index (χ0n) is 20.6. The van der Waals surface area contributed by atoms with Crippen LogP contribution in [0.25, 0.3) is 0 Å². The average Bonchev–Trinajstić information content (AvgIpc) is 2.84. The molecule has 194 valence electrons. The van der Waals surface area contributed by atoms with Crippen LogP contribution in [0.2, 0.25) is 0 Å². The van der Waals surface area contributed by atoms with Crippen LogP contribution in [0.4, 0.5) is 4.79 Å². The van der Waals surface area contributed by atoms with Crippen LogP contribution in [0.3, 0.4) is 0 Å². The van der Waals surface area contributed by atoms with E-state index in [1.165, 1.54) is 0 Å². The van der Waals surface area contributed by atoms with E-state index in [-0.39, 0.29) is 76.4 Å². The van der Waals surface area contributed by atoms with Gasteiger partial charge in [0.1, 0.15) is 26.4 Å². The highest BCUT2D eigenvalue weighted by Gasteiger charge is 2.11. The summed E-state index contributed by atoms with van der Waals surface area (Å²) in [7, 11) is 0. The van der Waals surface area contributed by atoms with E-state index in [4.69, 9.17) is 24.2 Å². The molecule has 2 atom stereocenters. The van der Waals surface area contributed by atoms with Gasteiger partial charge in [-0.2, -0.15) is 5.26 Å². The van der Waals surface area contributed by atoms with Crippen LogP contribution >= 0.6 is 0 Å². The second-order valence-corrected chi connectivity index (χ2v) is 6.91. The van der Waals surface area contributed by atoms with Gasteiger partial charge >= 0.3 is 24.0 Å².